The van der Waals surface area contributed by atoms with E-state index in [2.05, 4.69) is 33.1 Å². The highest BCUT2D eigenvalue weighted by Crippen LogP contribution is 2.38. The van der Waals surface area contributed by atoms with Crippen LogP contribution in [0.2, 0.25) is 0 Å². The maximum absolute atomic E-state index is 12.6. The number of aromatic amines is 1. The van der Waals surface area contributed by atoms with Crippen molar-refractivity contribution in [1.29, 1.82) is 0 Å². The number of rotatable bonds is 4. The van der Waals surface area contributed by atoms with Gasteiger partial charge in [-0.3, -0.25) is 9.82 Å². The minimum atomic E-state index is -3.60. The number of fused-ring (bicyclic) bond motifs is 2. The Balaban J connectivity index is 1.65. The van der Waals surface area contributed by atoms with Crippen molar-refractivity contribution in [2.24, 2.45) is 0 Å². The molecule has 0 atom stereocenters. The molecule has 0 spiro atoms. The van der Waals surface area contributed by atoms with E-state index in [1.54, 1.807) is 41.1 Å². The Hall–Kier alpha value is -2.68. The molecular weight excluding hydrogens is 398 g/mol. The lowest BCUT2D eigenvalue weighted by atomic mass is 10.1. The van der Waals surface area contributed by atoms with Crippen molar-refractivity contribution in [2.45, 2.75) is 4.21 Å². The smallest absolute Gasteiger partial charge is 0.271 e. The van der Waals surface area contributed by atoms with Crippen LogP contribution in [0.4, 0.5) is 5.69 Å². The van der Waals surface area contributed by atoms with Crippen molar-refractivity contribution in [2.75, 3.05) is 4.72 Å². The number of nitrogens with one attached hydrogen (secondary N) is 2. The molecule has 0 saturated heterocycles. The van der Waals surface area contributed by atoms with Gasteiger partial charge >= 0.3 is 0 Å². The Bertz CT molecular complexity index is 1330. The van der Waals surface area contributed by atoms with Crippen molar-refractivity contribution in [3.05, 3.63) is 66.2 Å². The van der Waals surface area contributed by atoms with Crippen LogP contribution in [-0.4, -0.2) is 18.6 Å². The van der Waals surface area contributed by atoms with Crippen LogP contribution in [0.1, 0.15) is 0 Å². The van der Waals surface area contributed by atoms with Crippen LogP contribution in [0.5, 0.6) is 0 Å². The van der Waals surface area contributed by atoms with Gasteiger partial charge in [0, 0.05) is 20.5 Å². The lowest BCUT2D eigenvalue weighted by Crippen LogP contribution is -2.11. The number of hydrogen-bond acceptors (Lipinski definition) is 5. The second kappa shape index (κ2) is 6.19. The monoisotopic (exact) mass is 411 g/mol. The molecular formula is C19H13N3O2S3. The fraction of sp³-hybridized carbons (Fsp3) is 0. The summed E-state index contributed by atoms with van der Waals surface area (Å²) < 4.78 is 29.4. The molecule has 0 fully saturated rings. The molecule has 2 N–H and O–H groups in total. The number of nitrogens with zero attached hydrogens (tertiary/aromatic N) is 1. The average molecular weight is 412 g/mol. The van der Waals surface area contributed by atoms with Crippen LogP contribution in [0.25, 0.3) is 31.4 Å². The van der Waals surface area contributed by atoms with Crippen molar-refractivity contribution in [3.8, 4) is 10.4 Å². The predicted octanol–water partition coefficient (Wildman–Crippen LogP) is 5.31. The third-order valence-corrected chi connectivity index (χ3v) is 8.18. The number of thiophene rings is 2. The van der Waals surface area contributed by atoms with Crippen LogP contribution in [0.3, 0.4) is 0 Å². The molecule has 0 radical (unpaired) electrons. The van der Waals surface area contributed by atoms with E-state index in [0.717, 1.165) is 26.7 Å². The average Bonchev–Trinajstić information content (AvgIpc) is 3.39. The summed E-state index contributed by atoms with van der Waals surface area (Å²) in [6.45, 7) is 0. The molecule has 3 aromatic heterocycles. The first-order chi connectivity index (χ1) is 13.1. The molecule has 5 aromatic rings. The number of sulfonamides is 1. The number of hydrogen-bond donors (Lipinski definition) is 2. The van der Waals surface area contributed by atoms with E-state index in [4.69, 9.17) is 0 Å². The molecule has 5 nitrogen and oxygen atoms in total. The van der Waals surface area contributed by atoms with E-state index in [-0.39, 0.29) is 0 Å². The molecule has 27 heavy (non-hydrogen) atoms. The highest BCUT2D eigenvalue weighted by Gasteiger charge is 2.18. The summed E-state index contributed by atoms with van der Waals surface area (Å²) in [5, 5.41) is 10.9. The largest absolute Gasteiger partial charge is 0.279 e. The Labute approximate surface area is 163 Å². The molecule has 134 valence electrons. The standard InChI is InChI=1S/C19H13N3O2S3/c23-27(24,18-6-3-7-25-18)22-14-8-13-11-20-21-19(13)15(10-14)17-9-12-4-1-2-5-16(12)26-17/h1-11,22H,(H,20,21). The molecule has 0 aliphatic carbocycles. The van der Waals surface area contributed by atoms with Gasteiger partial charge in [-0.15, -0.1) is 22.7 Å². The zero-order valence-corrected chi connectivity index (χ0v) is 16.3. The third-order valence-electron chi connectivity index (χ3n) is 4.25. The summed E-state index contributed by atoms with van der Waals surface area (Å²) in [6.07, 6.45) is 1.70. The Kier molecular flexibility index (Phi) is 3.78. The quantitative estimate of drug-likeness (QED) is 0.421. The summed E-state index contributed by atoms with van der Waals surface area (Å²) >= 11 is 2.86. The van der Waals surface area contributed by atoms with Gasteiger partial charge in [-0.2, -0.15) is 5.10 Å². The van der Waals surface area contributed by atoms with E-state index < -0.39 is 10.0 Å². The van der Waals surface area contributed by atoms with E-state index in [0.29, 0.717) is 9.90 Å². The lowest BCUT2D eigenvalue weighted by molar-refractivity contribution is 0.603. The fourth-order valence-electron chi connectivity index (χ4n) is 3.05. The molecule has 0 amide bonds. The molecule has 5 rings (SSSR count). The Morgan fingerprint density at radius 3 is 2.70 bits per heavy atom. The van der Waals surface area contributed by atoms with Crippen molar-refractivity contribution < 1.29 is 8.42 Å². The molecule has 0 unspecified atom stereocenters. The Morgan fingerprint density at radius 2 is 1.89 bits per heavy atom. The zero-order valence-electron chi connectivity index (χ0n) is 13.8. The summed E-state index contributed by atoms with van der Waals surface area (Å²) in [5.41, 5.74) is 2.33. The maximum atomic E-state index is 12.6. The highest BCUT2D eigenvalue weighted by atomic mass is 32.2. The van der Waals surface area contributed by atoms with Crippen LogP contribution < -0.4 is 4.72 Å². The molecule has 0 aliphatic rings. The van der Waals surface area contributed by atoms with Crippen LogP contribution in [0, 0.1) is 0 Å². The first-order valence-corrected chi connectivity index (χ1v) is 11.3. The molecule has 0 saturated carbocycles. The van der Waals surface area contributed by atoms with Crippen molar-refractivity contribution >= 4 is 59.4 Å². The molecule has 3 heterocycles. The number of H-pyrrole nitrogens is 1. The SMILES string of the molecule is O=S(=O)(Nc1cc(-c2cc3ccccc3s2)c2[nH]ncc2c1)c1cccs1. The lowest BCUT2D eigenvalue weighted by Gasteiger charge is -2.09. The number of benzene rings is 2. The fourth-order valence-corrected chi connectivity index (χ4v) is 6.17. The Morgan fingerprint density at radius 1 is 1.00 bits per heavy atom. The normalized spacial score (nSPS) is 12.0. The van der Waals surface area contributed by atoms with Crippen LogP contribution >= 0.6 is 22.7 Å². The van der Waals surface area contributed by atoms with Gasteiger partial charge in [0.1, 0.15) is 4.21 Å². The summed E-state index contributed by atoms with van der Waals surface area (Å²) in [7, 11) is -3.60. The van der Waals surface area contributed by atoms with E-state index in [1.165, 1.54) is 16.0 Å². The first kappa shape index (κ1) is 16.5. The molecule has 0 aliphatic heterocycles. The number of anilines is 1. The summed E-state index contributed by atoms with van der Waals surface area (Å²) in [4.78, 5) is 1.06. The zero-order chi connectivity index (χ0) is 18.4. The second-order valence-electron chi connectivity index (χ2n) is 6.04. The van der Waals surface area contributed by atoms with Crippen LogP contribution in [-0.2, 0) is 10.0 Å². The van der Waals surface area contributed by atoms with Gasteiger partial charge in [0.05, 0.1) is 17.4 Å². The highest BCUT2D eigenvalue weighted by molar-refractivity contribution is 7.94. The molecule has 8 heteroatoms. The van der Waals surface area contributed by atoms with Gasteiger partial charge in [-0.25, -0.2) is 8.42 Å². The van der Waals surface area contributed by atoms with Gasteiger partial charge in [0.25, 0.3) is 10.0 Å². The third kappa shape index (κ3) is 2.91. The predicted molar refractivity (Wildman–Crippen MR) is 112 cm³/mol. The minimum Gasteiger partial charge on any atom is -0.279 e. The first-order valence-electron chi connectivity index (χ1n) is 8.12. The van der Waals surface area contributed by atoms with E-state index in [1.807, 2.05) is 18.2 Å². The second-order valence-corrected chi connectivity index (χ2v) is 9.98. The minimum absolute atomic E-state index is 0.290. The van der Waals surface area contributed by atoms with Gasteiger partial charge in [0.15, 0.2) is 0 Å². The topological polar surface area (TPSA) is 74.8 Å². The maximum Gasteiger partial charge on any atom is 0.271 e. The number of aromatic nitrogens is 2. The van der Waals surface area contributed by atoms with E-state index >= 15 is 0 Å². The van der Waals surface area contributed by atoms with E-state index in [9.17, 15) is 8.42 Å². The molecule has 0 bridgehead atoms. The summed E-state index contributed by atoms with van der Waals surface area (Å²) in [6, 6.07) is 17.3. The molecule has 2 aromatic carbocycles. The van der Waals surface area contributed by atoms with Gasteiger partial charge in [-0.05, 0) is 41.1 Å². The van der Waals surface area contributed by atoms with Gasteiger partial charge in [-0.1, -0.05) is 24.3 Å². The van der Waals surface area contributed by atoms with Crippen LogP contribution in [0.15, 0.2) is 70.4 Å². The van der Waals surface area contributed by atoms with Gasteiger partial charge < -0.3 is 0 Å². The summed E-state index contributed by atoms with van der Waals surface area (Å²) in [5.74, 6) is 0. The van der Waals surface area contributed by atoms with Crippen molar-refractivity contribution in [3.63, 3.8) is 0 Å². The van der Waals surface area contributed by atoms with Crippen molar-refractivity contribution in [1.82, 2.24) is 10.2 Å². The van der Waals surface area contributed by atoms with Gasteiger partial charge in [0.2, 0.25) is 0 Å².